The highest BCUT2D eigenvalue weighted by atomic mass is 35.5. The maximum absolute atomic E-state index is 11.2. The highest BCUT2D eigenvalue weighted by molar-refractivity contribution is 6.52. The van der Waals surface area contributed by atoms with Crippen LogP contribution in [0.15, 0.2) is 10.1 Å². The van der Waals surface area contributed by atoms with Gasteiger partial charge < -0.3 is 14.2 Å². The number of halogens is 4. The maximum Gasteiger partial charge on any atom is 0.302 e. The Hall–Kier alpha value is 0.290. The quantitative estimate of drug-likeness (QED) is 0.446. The van der Waals surface area contributed by atoms with Crippen LogP contribution < -0.4 is 0 Å². The summed E-state index contributed by atoms with van der Waals surface area (Å²) in [6, 6.07) is 0. The van der Waals surface area contributed by atoms with E-state index in [1.165, 1.54) is 21.1 Å². The van der Waals surface area contributed by atoms with E-state index in [0.717, 1.165) is 0 Å². The van der Waals surface area contributed by atoms with Gasteiger partial charge in [-0.25, -0.2) is 0 Å². The highest BCUT2D eigenvalue weighted by Gasteiger charge is 2.82. The summed E-state index contributed by atoms with van der Waals surface area (Å²) in [5.41, 5.74) is 0. The van der Waals surface area contributed by atoms with E-state index < -0.39 is 27.6 Å². The lowest BCUT2D eigenvalue weighted by Gasteiger charge is -2.40. The molecule has 1 saturated carbocycles. The fourth-order valence-corrected chi connectivity index (χ4v) is 4.88. The largest absolute Gasteiger partial charge is 0.460 e. The average Bonchev–Trinajstić information content (AvgIpc) is 2.60. The predicted molar refractivity (Wildman–Crippen MR) is 72.8 cm³/mol. The van der Waals surface area contributed by atoms with Crippen LogP contribution in [-0.2, 0) is 19.0 Å². The van der Waals surface area contributed by atoms with Crippen LogP contribution >= 0.6 is 46.4 Å². The summed E-state index contributed by atoms with van der Waals surface area (Å²) in [5.74, 6) is -2.00. The van der Waals surface area contributed by atoms with Gasteiger partial charge in [0.1, 0.15) is 11.0 Å². The zero-order valence-electron chi connectivity index (χ0n) is 10.4. The van der Waals surface area contributed by atoms with E-state index in [1.807, 2.05) is 0 Å². The third kappa shape index (κ3) is 1.59. The fraction of sp³-hybridized carbons (Fsp3) is 0.727. The Kier molecular flexibility index (Phi) is 3.84. The van der Waals surface area contributed by atoms with Crippen molar-refractivity contribution < 1.29 is 19.0 Å². The smallest absolute Gasteiger partial charge is 0.302 e. The van der Waals surface area contributed by atoms with E-state index in [2.05, 4.69) is 0 Å². The lowest BCUT2D eigenvalue weighted by molar-refractivity contribution is -0.222. The Morgan fingerprint density at radius 2 is 1.74 bits per heavy atom. The van der Waals surface area contributed by atoms with Crippen LogP contribution in [0.1, 0.15) is 13.3 Å². The first-order valence-electron chi connectivity index (χ1n) is 5.43. The number of alkyl halides is 2. The standard InChI is InChI=1S/C11H12Cl4O4/c1-5(16)19-6-4-9(14)7(12)8(13)10(6,15)11(9,17-2)18-3/h6H,4H2,1-3H3. The molecule has 8 heteroatoms. The van der Waals surface area contributed by atoms with Crippen LogP contribution in [0.3, 0.4) is 0 Å². The number of rotatable bonds is 3. The fourth-order valence-electron chi connectivity index (χ4n) is 2.91. The van der Waals surface area contributed by atoms with Gasteiger partial charge in [-0.15, -0.1) is 23.2 Å². The van der Waals surface area contributed by atoms with Crippen LogP contribution in [0.5, 0.6) is 0 Å². The number of carbonyl (C=O) groups excluding carboxylic acids is 1. The molecular weight excluding hydrogens is 338 g/mol. The monoisotopic (exact) mass is 348 g/mol. The van der Waals surface area contributed by atoms with Crippen LogP contribution in [0.4, 0.5) is 0 Å². The van der Waals surface area contributed by atoms with Crippen molar-refractivity contribution in [2.24, 2.45) is 0 Å². The third-order valence-electron chi connectivity index (χ3n) is 3.65. The van der Waals surface area contributed by atoms with E-state index in [0.29, 0.717) is 0 Å². The summed E-state index contributed by atoms with van der Waals surface area (Å²) < 4.78 is 16.0. The molecule has 0 aliphatic heterocycles. The molecule has 0 aromatic carbocycles. The molecule has 3 unspecified atom stereocenters. The molecule has 2 aliphatic rings. The van der Waals surface area contributed by atoms with E-state index >= 15 is 0 Å². The molecule has 2 bridgehead atoms. The van der Waals surface area contributed by atoms with Crippen LogP contribution in [0.2, 0.25) is 0 Å². The summed E-state index contributed by atoms with van der Waals surface area (Å²) in [6.45, 7) is 1.27. The zero-order valence-corrected chi connectivity index (χ0v) is 13.5. The number of hydrogen-bond donors (Lipinski definition) is 0. The molecule has 4 nitrogen and oxygen atoms in total. The summed E-state index contributed by atoms with van der Waals surface area (Å²) in [5, 5.41) is 0.227. The summed E-state index contributed by atoms with van der Waals surface area (Å²) >= 11 is 25.5. The third-order valence-corrected chi connectivity index (χ3v) is 6.22. The summed E-state index contributed by atoms with van der Waals surface area (Å²) in [6.07, 6.45) is -0.645. The van der Waals surface area contributed by atoms with Crippen molar-refractivity contribution in [3.63, 3.8) is 0 Å². The summed E-state index contributed by atoms with van der Waals surface area (Å²) in [4.78, 5) is 8.44. The number of esters is 1. The molecule has 1 fully saturated rings. The van der Waals surface area contributed by atoms with Gasteiger partial charge in [0.2, 0.25) is 5.79 Å². The minimum absolute atomic E-state index is 0.0760. The Morgan fingerprint density at radius 1 is 1.21 bits per heavy atom. The van der Waals surface area contributed by atoms with Crippen molar-refractivity contribution in [1.82, 2.24) is 0 Å². The van der Waals surface area contributed by atoms with Gasteiger partial charge in [-0.3, -0.25) is 4.79 Å². The zero-order chi connectivity index (χ0) is 14.6. The lowest BCUT2D eigenvalue weighted by Crippen LogP contribution is -2.58. The number of fused-ring (bicyclic) bond motifs is 2. The number of hydrogen-bond acceptors (Lipinski definition) is 4. The molecule has 19 heavy (non-hydrogen) atoms. The van der Waals surface area contributed by atoms with Crippen molar-refractivity contribution in [2.75, 3.05) is 14.2 Å². The minimum atomic E-state index is -1.50. The Morgan fingerprint density at radius 3 is 2.11 bits per heavy atom. The van der Waals surface area contributed by atoms with E-state index in [4.69, 9.17) is 60.6 Å². The molecule has 0 saturated heterocycles. The predicted octanol–water partition coefficient (Wildman–Crippen LogP) is 2.97. The highest BCUT2D eigenvalue weighted by Crippen LogP contribution is 2.70. The van der Waals surface area contributed by atoms with Crippen molar-refractivity contribution in [2.45, 2.75) is 35.0 Å². The number of ether oxygens (including phenoxy) is 3. The van der Waals surface area contributed by atoms with Gasteiger partial charge in [0.25, 0.3) is 0 Å². The first-order valence-corrected chi connectivity index (χ1v) is 6.94. The average molecular weight is 350 g/mol. The van der Waals surface area contributed by atoms with Gasteiger partial charge in [-0.2, -0.15) is 0 Å². The molecule has 108 valence electrons. The molecule has 0 spiro atoms. The molecular formula is C11H12Cl4O4. The van der Waals surface area contributed by atoms with Crippen molar-refractivity contribution in [3.05, 3.63) is 10.1 Å². The molecule has 0 aromatic rings. The van der Waals surface area contributed by atoms with Gasteiger partial charge >= 0.3 is 5.97 Å². The van der Waals surface area contributed by atoms with E-state index in [9.17, 15) is 4.79 Å². The van der Waals surface area contributed by atoms with Crippen LogP contribution in [0.25, 0.3) is 0 Å². The van der Waals surface area contributed by atoms with Crippen molar-refractivity contribution >= 4 is 52.4 Å². The van der Waals surface area contributed by atoms with Gasteiger partial charge in [-0.05, 0) is 0 Å². The second kappa shape index (κ2) is 4.65. The molecule has 0 amide bonds. The topological polar surface area (TPSA) is 44.8 Å². The molecule has 0 aromatic heterocycles. The van der Waals surface area contributed by atoms with Gasteiger partial charge in [0.05, 0.1) is 10.1 Å². The maximum atomic E-state index is 11.2. The molecule has 0 radical (unpaired) electrons. The van der Waals surface area contributed by atoms with E-state index in [1.54, 1.807) is 0 Å². The Labute approximate surface area is 130 Å². The van der Waals surface area contributed by atoms with Gasteiger partial charge in [0.15, 0.2) is 4.87 Å². The van der Waals surface area contributed by atoms with Gasteiger partial charge in [-0.1, -0.05) is 23.2 Å². The molecule has 3 atom stereocenters. The summed E-state index contributed by atoms with van der Waals surface area (Å²) in [7, 11) is 2.77. The lowest BCUT2D eigenvalue weighted by atomic mass is 10.0. The first kappa shape index (κ1) is 15.7. The second-order valence-electron chi connectivity index (χ2n) is 4.47. The number of carbonyl (C=O) groups is 1. The molecule has 2 rings (SSSR count). The van der Waals surface area contributed by atoms with Crippen LogP contribution in [0, 0.1) is 0 Å². The molecule has 2 aliphatic carbocycles. The van der Waals surface area contributed by atoms with Crippen molar-refractivity contribution in [3.8, 4) is 0 Å². The van der Waals surface area contributed by atoms with E-state index in [-0.39, 0.29) is 16.5 Å². The Bertz CT molecular complexity index is 462. The molecule has 0 N–H and O–H groups in total. The number of methoxy groups -OCH3 is 2. The SMILES string of the molecule is COC1(OC)C2(Cl)CC(OC(C)=O)C1(Cl)C(Cl)=C2Cl. The molecule has 0 heterocycles. The first-order chi connectivity index (χ1) is 8.71. The normalized spacial score (nSPS) is 39.8. The Balaban J connectivity index is 2.61. The van der Waals surface area contributed by atoms with Crippen molar-refractivity contribution in [1.29, 1.82) is 0 Å². The van der Waals surface area contributed by atoms with Gasteiger partial charge in [0, 0.05) is 27.6 Å². The second-order valence-corrected chi connectivity index (χ2v) is 6.47. The minimum Gasteiger partial charge on any atom is -0.460 e. The van der Waals surface area contributed by atoms with Crippen LogP contribution in [-0.4, -0.2) is 41.8 Å².